The average molecular weight is 1510 g/mol. The summed E-state index contributed by atoms with van der Waals surface area (Å²) in [4.78, 5) is 67.6. The fraction of sp³-hybridized carbons (Fsp3) is 0.378. The van der Waals surface area contributed by atoms with E-state index in [2.05, 4.69) is 30.9 Å². The van der Waals surface area contributed by atoms with Crippen LogP contribution in [-0.4, -0.2) is 131 Å². The zero-order valence-electron chi connectivity index (χ0n) is 60.4. The Balaban J connectivity index is 0.643. The standard InChI is InChI=1S/C82H78F7N9O12/c1-45-9-11-59(94-77(102)50-13-16-91-65(26-50)78(4,85)86)34-61(45)51-27-67(97-69(30-51)104-19-17-99)80-37-56(80)43-109-72(39-80)107-22-20-105-70-31-52(62-33-58(10-8-46(62)2)93-76(101)49-12-15-90-64(25-49)74(83)84)28-68(98-70)81-38-57(81)44-110-73(40-81)108-23-21-106-71-32-53(29-66(96-71)79-14-18-103-42-55(79)36-79)63-35-60(41-92-47(63)3)95-75(100)48-6-5-7-54(24-48)82(87,88)89/h5-13,15-16,24-35,41,55-57,72-74,99H,14,17-23,36-40,42-44H2,1-4H3,(H,93,101)(H,94,102)(H,95,100). The van der Waals surface area contributed by atoms with Crippen LogP contribution in [0.2, 0.25) is 0 Å². The number of nitrogens with zero attached hydrogens (tertiary/aromatic N) is 6. The van der Waals surface area contributed by atoms with Crippen LogP contribution in [0.1, 0.15) is 134 Å². The van der Waals surface area contributed by atoms with Crippen LogP contribution < -0.4 is 30.2 Å². The molecule has 6 fully saturated rings. The molecule has 8 unspecified atom stereocenters. The van der Waals surface area contributed by atoms with Crippen LogP contribution >= 0.6 is 0 Å². The number of pyridine rings is 6. The topological polar surface area (TPSA) is 259 Å². The summed E-state index contributed by atoms with van der Waals surface area (Å²) in [5.41, 5.74) is 6.64. The number of rotatable bonds is 27. The smallest absolute Gasteiger partial charge is 0.416 e. The monoisotopic (exact) mass is 1510 g/mol. The van der Waals surface area contributed by atoms with Crippen LogP contribution in [0.25, 0.3) is 33.4 Å². The molecule has 3 aromatic carbocycles. The van der Waals surface area contributed by atoms with Gasteiger partial charge in [0, 0.05) is 113 Å². The van der Waals surface area contributed by atoms with Crippen molar-refractivity contribution < 1.29 is 88.1 Å². The number of aliphatic hydroxyl groups is 1. The maximum atomic E-state index is 14.2. The Hall–Kier alpha value is -10.4. The van der Waals surface area contributed by atoms with E-state index < -0.39 is 76.6 Å². The molecule has 3 saturated heterocycles. The van der Waals surface area contributed by atoms with Crippen molar-refractivity contribution in [1.29, 1.82) is 0 Å². The van der Waals surface area contributed by atoms with E-state index in [9.17, 15) is 50.2 Å². The van der Waals surface area contributed by atoms with Gasteiger partial charge in [0.1, 0.15) is 31.2 Å². The molecule has 21 nitrogen and oxygen atoms in total. The van der Waals surface area contributed by atoms with Crippen LogP contribution in [0, 0.1) is 38.5 Å². The fourth-order valence-electron chi connectivity index (χ4n) is 15.4. The summed E-state index contributed by atoms with van der Waals surface area (Å²) in [6.45, 7) is 8.34. The second kappa shape index (κ2) is 30.5. The Morgan fingerprint density at radius 3 is 1.56 bits per heavy atom. The highest BCUT2D eigenvalue weighted by atomic mass is 19.4. The van der Waals surface area contributed by atoms with Crippen molar-refractivity contribution in [1.82, 2.24) is 29.9 Å². The number of halogens is 7. The number of alkyl halides is 7. The quantitative estimate of drug-likeness (QED) is 0.0275. The van der Waals surface area contributed by atoms with E-state index in [1.165, 1.54) is 36.7 Å². The summed E-state index contributed by atoms with van der Waals surface area (Å²) in [6, 6.07) is 32.9. The van der Waals surface area contributed by atoms with Crippen LogP contribution in [0.5, 0.6) is 17.6 Å². The third-order valence-corrected chi connectivity index (χ3v) is 21.7. The Kier molecular flexibility index (Phi) is 20.8. The predicted molar refractivity (Wildman–Crippen MR) is 388 cm³/mol. The molecule has 3 amide bonds. The number of hydrogen-bond donors (Lipinski definition) is 4. The Morgan fingerprint density at radius 1 is 0.536 bits per heavy atom. The lowest BCUT2D eigenvalue weighted by Crippen LogP contribution is -2.33. The molecule has 0 bridgehead atoms. The normalized spacial score (nSPS) is 22.4. The summed E-state index contributed by atoms with van der Waals surface area (Å²) < 4.78 is 147. The molecule has 0 radical (unpaired) electrons. The van der Waals surface area contributed by atoms with E-state index in [1.807, 2.05) is 63.2 Å². The van der Waals surface area contributed by atoms with Crippen molar-refractivity contribution in [3.8, 4) is 51.0 Å². The summed E-state index contributed by atoms with van der Waals surface area (Å²) in [6.07, 6.45) is -1.12. The first-order valence-corrected chi connectivity index (χ1v) is 36.3. The highest BCUT2D eigenvalue weighted by Gasteiger charge is 2.62. The Bertz CT molecular complexity index is 5010. The highest BCUT2D eigenvalue weighted by molar-refractivity contribution is 6.06. The minimum atomic E-state index is -4.64. The van der Waals surface area contributed by atoms with Gasteiger partial charge in [-0.15, -0.1) is 0 Å². The van der Waals surface area contributed by atoms with Gasteiger partial charge >= 0.3 is 6.18 Å². The summed E-state index contributed by atoms with van der Waals surface area (Å²) >= 11 is 0. The molecule has 110 heavy (non-hydrogen) atoms. The lowest BCUT2D eigenvalue weighted by atomic mass is 9.90. The Labute approximate surface area is 628 Å². The van der Waals surface area contributed by atoms with Crippen molar-refractivity contribution in [2.45, 2.75) is 114 Å². The Morgan fingerprint density at radius 2 is 1.03 bits per heavy atom. The molecule has 572 valence electrons. The number of carbonyl (C=O) groups excluding carboxylic acids is 3. The average Bonchev–Trinajstić information content (AvgIpc) is 1.59. The molecule has 3 aliphatic heterocycles. The van der Waals surface area contributed by atoms with Crippen LogP contribution in [0.15, 0.2) is 146 Å². The molecule has 28 heteroatoms. The summed E-state index contributed by atoms with van der Waals surface area (Å²) in [7, 11) is 0. The van der Waals surface area contributed by atoms with E-state index in [0.29, 0.717) is 86.1 Å². The van der Waals surface area contributed by atoms with Crippen LogP contribution in [0.4, 0.5) is 47.8 Å². The molecule has 9 heterocycles. The number of anilines is 3. The van der Waals surface area contributed by atoms with E-state index in [4.69, 9.17) is 52.8 Å². The van der Waals surface area contributed by atoms with Gasteiger partial charge in [-0.1, -0.05) is 18.2 Å². The van der Waals surface area contributed by atoms with Gasteiger partial charge in [-0.2, -0.15) is 22.0 Å². The highest BCUT2D eigenvalue weighted by Crippen LogP contribution is 2.62. The minimum absolute atomic E-state index is 0.00722. The molecule has 6 aliphatic rings. The second-order valence-corrected chi connectivity index (χ2v) is 29.1. The van der Waals surface area contributed by atoms with Crippen LogP contribution in [0.3, 0.4) is 0 Å². The number of aromatic nitrogens is 6. The number of aliphatic hydroxyl groups excluding tert-OH is 1. The van der Waals surface area contributed by atoms with Crippen molar-refractivity contribution in [2.75, 3.05) is 82.0 Å². The number of carbonyl (C=O) groups is 3. The van der Waals surface area contributed by atoms with Gasteiger partial charge in [-0.05, 0) is 194 Å². The largest absolute Gasteiger partial charge is 0.475 e. The molecule has 8 atom stereocenters. The number of fused-ring (bicyclic) bond motifs is 3. The predicted octanol–water partition coefficient (Wildman–Crippen LogP) is 15.1. The first-order valence-electron chi connectivity index (χ1n) is 36.3. The summed E-state index contributed by atoms with van der Waals surface area (Å²) in [5, 5.41) is 18.2. The number of benzene rings is 3. The fourth-order valence-corrected chi connectivity index (χ4v) is 15.4. The molecular weight excluding hydrogens is 1440 g/mol. The maximum absolute atomic E-state index is 14.2. The number of nitrogens with one attached hydrogen (secondary N) is 3. The van der Waals surface area contributed by atoms with E-state index in [1.54, 1.807) is 36.4 Å². The molecule has 4 N–H and O–H groups in total. The number of amides is 3. The van der Waals surface area contributed by atoms with Gasteiger partial charge in [-0.3, -0.25) is 29.3 Å². The summed E-state index contributed by atoms with van der Waals surface area (Å²) in [5.74, 6) is -3.85. The van der Waals surface area contributed by atoms with Crippen LogP contribution in [-0.2, 0) is 52.0 Å². The first kappa shape index (κ1) is 75.1. The zero-order chi connectivity index (χ0) is 76.9. The van der Waals surface area contributed by atoms with Gasteiger partial charge in [0.2, 0.25) is 17.6 Å². The maximum Gasteiger partial charge on any atom is 0.416 e. The van der Waals surface area contributed by atoms with Crippen molar-refractivity contribution in [3.05, 3.63) is 214 Å². The molecule has 6 aromatic heterocycles. The molecule has 9 aromatic rings. The van der Waals surface area contributed by atoms with E-state index >= 15 is 0 Å². The number of aryl methyl sites for hydroxylation is 3. The molecule has 0 spiro atoms. The van der Waals surface area contributed by atoms with Gasteiger partial charge in [0.25, 0.3) is 30.1 Å². The minimum Gasteiger partial charge on any atom is -0.475 e. The molecule has 15 rings (SSSR count). The molecule has 3 saturated carbocycles. The number of ether oxygens (including phenoxy) is 8. The van der Waals surface area contributed by atoms with E-state index in [-0.39, 0.29) is 91.1 Å². The lowest BCUT2D eigenvalue weighted by molar-refractivity contribution is -0.172. The lowest BCUT2D eigenvalue weighted by Gasteiger charge is -2.30. The van der Waals surface area contributed by atoms with Gasteiger partial charge in [0.15, 0.2) is 12.6 Å². The first-order chi connectivity index (χ1) is 52.8. The van der Waals surface area contributed by atoms with Gasteiger partial charge in [-0.25, -0.2) is 23.7 Å². The molecule has 3 aliphatic carbocycles. The number of hydrogen-bond acceptors (Lipinski definition) is 18. The van der Waals surface area contributed by atoms with Gasteiger partial charge in [0.05, 0.1) is 74.2 Å². The van der Waals surface area contributed by atoms with Crippen molar-refractivity contribution in [2.24, 2.45) is 17.8 Å². The third kappa shape index (κ3) is 16.1. The molecular formula is C82H78F7N9O12. The van der Waals surface area contributed by atoms with Crippen molar-refractivity contribution >= 4 is 34.8 Å². The zero-order valence-corrected chi connectivity index (χ0v) is 60.4. The SMILES string of the molecule is Cc1ccc(NC(=O)c2ccnc(C(C)(F)F)c2)cc1-c1cc(OCCO)nc(C23CC(OCCOc4cc(-c5cc(NC(=O)c6ccnc(C(F)F)c6)ccc5C)cc(C56CC(OCCOc7cc(-c8cc(NC(=O)c9cccc(C(F)(F)F)c9)cnc8C)cc(C89CCOCC8C9)n7)OCC5C6)n4)OCC2C3)c1. The third-order valence-electron chi connectivity index (χ3n) is 21.7. The second-order valence-electron chi connectivity index (χ2n) is 29.1. The van der Waals surface area contributed by atoms with Crippen molar-refractivity contribution in [3.63, 3.8) is 0 Å². The van der Waals surface area contributed by atoms with Gasteiger partial charge < -0.3 is 59.0 Å². The van der Waals surface area contributed by atoms with E-state index in [0.717, 1.165) is 107 Å².